The van der Waals surface area contributed by atoms with E-state index in [1.165, 1.54) is 5.56 Å². The zero-order valence-electron chi connectivity index (χ0n) is 12.4. The van der Waals surface area contributed by atoms with Crippen LogP contribution in [0.1, 0.15) is 31.0 Å². The minimum absolute atomic E-state index is 0. The molecule has 0 aliphatic heterocycles. The largest absolute Gasteiger partial charge is 0.497 e. The summed E-state index contributed by atoms with van der Waals surface area (Å²) in [7, 11) is 1.68. The number of anilines is 1. The maximum Gasteiger partial charge on any atom is 0.151 e. The lowest BCUT2D eigenvalue weighted by molar-refractivity contribution is 0.414. The predicted octanol–water partition coefficient (Wildman–Crippen LogP) is 3.81. The lowest BCUT2D eigenvalue weighted by Gasteiger charge is -2.07. The summed E-state index contributed by atoms with van der Waals surface area (Å²) in [4.78, 5) is 0. The number of methoxy groups -OCH3 is 1. The Hall–Kier alpha value is -1.68. The SMILES string of the molecule is COc1cccc(CNc2nn(C(C)C)cc2C)c1.Cl. The summed E-state index contributed by atoms with van der Waals surface area (Å²) in [6, 6.07) is 8.43. The molecule has 2 aromatic rings. The minimum Gasteiger partial charge on any atom is -0.497 e. The van der Waals surface area contributed by atoms with Gasteiger partial charge >= 0.3 is 0 Å². The highest BCUT2D eigenvalue weighted by Crippen LogP contribution is 2.17. The fourth-order valence-electron chi connectivity index (χ4n) is 1.89. The van der Waals surface area contributed by atoms with Crippen molar-refractivity contribution in [3.63, 3.8) is 0 Å². The average molecular weight is 296 g/mol. The number of aromatic nitrogens is 2. The fraction of sp³-hybridized carbons (Fsp3) is 0.400. The summed E-state index contributed by atoms with van der Waals surface area (Å²) >= 11 is 0. The van der Waals surface area contributed by atoms with E-state index in [0.717, 1.165) is 23.7 Å². The van der Waals surface area contributed by atoms with Crippen LogP contribution < -0.4 is 10.1 Å². The number of hydrogen-bond donors (Lipinski definition) is 1. The molecule has 0 bridgehead atoms. The first kappa shape index (κ1) is 16.4. The quantitative estimate of drug-likeness (QED) is 0.911. The van der Waals surface area contributed by atoms with Crippen molar-refractivity contribution >= 4 is 18.2 Å². The maximum absolute atomic E-state index is 5.22. The molecule has 1 heterocycles. The average Bonchev–Trinajstić information content (AvgIpc) is 2.78. The zero-order chi connectivity index (χ0) is 13.8. The Morgan fingerprint density at radius 3 is 2.70 bits per heavy atom. The van der Waals surface area contributed by atoms with Gasteiger partial charge in [0, 0.05) is 24.3 Å². The fourth-order valence-corrected chi connectivity index (χ4v) is 1.89. The van der Waals surface area contributed by atoms with Crippen molar-refractivity contribution in [3.8, 4) is 5.75 Å². The van der Waals surface area contributed by atoms with Crippen LogP contribution in [-0.4, -0.2) is 16.9 Å². The molecule has 1 aromatic heterocycles. The first-order valence-electron chi connectivity index (χ1n) is 6.52. The van der Waals surface area contributed by atoms with E-state index in [-0.39, 0.29) is 12.4 Å². The Morgan fingerprint density at radius 2 is 2.10 bits per heavy atom. The number of benzene rings is 1. The van der Waals surface area contributed by atoms with Crippen molar-refractivity contribution < 1.29 is 4.74 Å². The number of ether oxygens (including phenoxy) is 1. The van der Waals surface area contributed by atoms with Crippen LogP contribution in [0.2, 0.25) is 0 Å². The Balaban J connectivity index is 0.00000200. The smallest absolute Gasteiger partial charge is 0.151 e. The Morgan fingerprint density at radius 1 is 1.35 bits per heavy atom. The van der Waals surface area contributed by atoms with Crippen LogP contribution >= 0.6 is 12.4 Å². The van der Waals surface area contributed by atoms with E-state index in [9.17, 15) is 0 Å². The minimum atomic E-state index is 0. The highest BCUT2D eigenvalue weighted by atomic mass is 35.5. The van der Waals surface area contributed by atoms with Crippen molar-refractivity contribution in [2.45, 2.75) is 33.4 Å². The van der Waals surface area contributed by atoms with Gasteiger partial charge in [-0.25, -0.2) is 0 Å². The number of rotatable bonds is 5. The van der Waals surface area contributed by atoms with Crippen LogP contribution in [-0.2, 0) is 6.54 Å². The summed E-state index contributed by atoms with van der Waals surface area (Å²) in [5, 5.41) is 7.91. The van der Waals surface area contributed by atoms with Gasteiger partial charge in [0.15, 0.2) is 5.82 Å². The van der Waals surface area contributed by atoms with E-state index in [2.05, 4.69) is 43.4 Å². The zero-order valence-corrected chi connectivity index (χ0v) is 13.2. The topological polar surface area (TPSA) is 39.1 Å². The molecule has 0 saturated heterocycles. The first-order chi connectivity index (χ1) is 9.10. The van der Waals surface area contributed by atoms with E-state index in [1.807, 2.05) is 22.9 Å². The van der Waals surface area contributed by atoms with E-state index < -0.39 is 0 Å². The lowest BCUT2D eigenvalue weighted by atomic mass is 10.2. The predicted molar refractivity (Wildman–Crippen MR) is 84.9 cm³/mol. The van der Waals surface area contributed by atoms with Gasteiger partial charge in [-0.15, -0.1) is 12.4 Å². The van der Waals surface area contributed by atoms with Crippen LogP contribution in [0, 0.1) is 6.92 Å². The molecule has 0 saturated carbocycles. The molecule has 1 N–H and O–H groups in total. The first-order valence-corrected chi connectivity index (χ1v) is 6.52. The molecule has 0 spiro atoms. The number of halogens is 1. The van der Waals surface area contributed by atoms with Gasteiger partial charge in [-0.2, -0.15) is 5.10 Å². The lowest BCUT2D eigenvalue weighted by Crippen LogP contribution is -2.04. The molecule has 20 heavy (non-hydrogen) atoms. The maximum atomic E-state index is 5.22. The standard InChI is InChI=1S/C15H21N3O.ClH/c1-11(2)18-10-12(3)15(17-18)16-9-13-6-5-7-14(8-13)19-4;/h5-8,10-11H,9H2,1-4H3,(H,16,17);1H. The van der Waals surface area contributed by atoms with Gasteiger partial charge in [0.25, 0.3) is 0 Å². The molecule has 1 aromatic carbocycles. The number of nitrogens with one attached hydrogen (secondary N) is 1. The molecule has 2 rings (SSSR count). The van der Waals surface area contributed by atoms with Crippen LogP contribution in [0.25, 0.3) is 0 Å². The third kappa shape index (κ3) is 3.90. The van der Waals surface area contributed by atoms with Crippen molar-refractivity contribution in [1.82, 2.24) is 9.78 Å². The Kier molecular flexibility index (Phi) is 5.89. The summed E-state index contributed by atoms with van der Waals surface area (Å²) in [6.45, 7) is 7.06. The van der Waals surface area contributed by atoms with Gasteiger partial charge in [-0.05, 0) is 38.5 Å². The number of hydrogen-bond acceptors (Lipinski definition) is 3. The molecule has 0 aliphatic carbocycles. The van der Waals surface area contributed by atoms with Crippen molar-refractivity contribution in [2.24, 2.45) is 0 Å². The number of aryl methyl sites for hydroxylation is 1. The van der Waals surface area contributed by atoms with E-state index in [4.69, 9.17) is 4.74 Å². The molecule has 5 heteroatoms. The second-order valence-electron chi connectivity index (χ2n) is 4.94. The van der Waals surface area contributed by atoms with Gasteiger partial charge in [0.2, 0.25) is 0 Å². The molecule has 4 nitrogen and oxygen atoms in total. The van der Waals surface area contributed by atoms with Crippen LogP contribution in [0.15, 0.2) is 30.5 Å². The molecule has 0 fully saturated rings. The third-order valence-electron chi connectivity index (χ3n) is 3.04. The van der Waals surface area contributed by atoms with Gasteiger partial charge in [0.1, 0.15) is 5.75 Å². The molecule has 0 unspecified atom stereocenters. The van der Waals surface area contributed by atoms with Gasteiger partial charge in [-0.3, -0.25) is 4.68 Å². The summed E-state index contributed by atoms with van der Waals surface area (Å²) in [5.74, 6) is 1.82. The molecule has 0 aliphatic rings. The van der Waals surface area contributed by atoms with Crippen LogP contribution in [0.5, 0.6) is 5.75 Å². The molecular formula is C15H22ClN3O. The van der Waals surface area contributed by atoms with E-state index in [1.54, 1.807) is 7.11 Å². The molecule has 110 valence electrons. The third-order valence-corrected chi connectivity index (χ3v) is 3.04. The van der Waals surface area contributed by atoms with Gasteiger partial charge < -0.3 is 10.1 Å². The van der Waals surface area contributed by atoms with E-state index in [0.29, 0.717) is 6.04 Å². The second-order valence-corrected chi connectivity index (χ2v) is 4.94. The van der Waals surface area contributed by atoms with Crippen LogP contribution in [0.4, 0.5) is 5.82 Å². The van der Waals surface area contributed by atoms with Gasteiger partial charge in [0.05, 0.1) is 7.11 Å². The van der Waals surface area contributed by atoms with Crippen molar-refractivity contribution in [1.29, 1.82) is 0 Å². The summed E-state index contributed by atoms with van der Waals surface area (Å²) in [5.41, 5.74) is 2.34. The molecule has 0 atom stereocenters. The molecular weight excluding hydrogens is 274 g/mol. The molecule has 0 radical (unpaired) electrons. The normalized spacial score (nSPS) is 10.2. The van der Waals surface area contributed by atoms with Crippen LogP contribution in [0.3, 0.4) is 0 Å². The summed E-state index contributed by atoms with van der Waals surface area (Å²) < 4.78 is 7.19. The highest BCUT2D eigenvalue weighted by molar-refractivity contribution is 5.85. The van der Waals surface area contributed by atoms with Crippen molar-refractivity contribution in [3.05, 3.63) is 41.6 Å². The van der Waals surface area contributed by atoms with Crippen molar-refractivity contribution in [2.75, 3.05) is 12.4 Å². The van der Waals surface area contributed by atoms with E-state index >= 15 is 0 Å². The second kappa shape index (κ2) is 7.20. The monoisotopic (exact) mass is 295 g/mol. The van der Waals surface area contributed by atoms with Gasteiger partial charge in [-0.1, -0.05) is 12.1 Å². The highest BCUT2D eigenvalue weighted by Gasteiger charge is 2.06. The summed E-state index contributed by atoms with van der Waals surface area (Å²) in [6.07, 6.45) is 2.07. The Bertz CT molecular complexity index is 552. The molecule has 0 amide bonds. The number of nitrogens with zero attached hydrogens (tertiary/aromatic N) is 2. The Labute approximate surface area is 126 Å².